The largest absolute Gasteiger partial charge is 0.507 e. The highest BCUT2D eigenvalue weighted by Crippen LogP contribution is 2.45. The highest BCUT2D eigenvalue weighted by molar-refractivity contribution is 6.19. The summed E-state index contributed by atoms with van der Waals surface area (Å²) in [5.74, 6) is 2.63. The number of phenols is 2. The molecule has 0 saturated carbocycles. The lowest BCUT2D eigenvalue weighted by molar-refractivity contribution is 0.481. The van der Waals surface area contributed by atoms with E-state index in [2.05, 4.69) is 21.9 Å². The van der Waals surface area contributed by atoms with Gasteiger partial charge >= 0.3 is 0 Å². The minimum atomic E-state index is 0.349. The van der Waals surface area contributed by atoms with Gasteiger partial charge in [0.25, 0.3) is 0 Å². The molecule has 2 aliphatic heterocycles. The Bertz CT molecular complexity index is 1270. The number of rotatable bonds is 2. The van der Waals surface area contributed by atoms with E-state index in [4.69, 9.17) is 23.2 Å². The van der Waals surface area contributed by atoms with Crippen LogP contribution in [0.5, 0.6) is 11.5 Å². The lowest BCUT2D eigenvalue weighted by Gasteiger charge is -2.13. The summed E-state index contributed by atoms with van der Waals surface area (Å²) in [6.45, 7) is 1.85. The molecule has 2 atom stereocenters. The highest BCUT2D eigenvalue weighted by Gasteiger charge is 2.29. The topological polar surface area (TPSA) is 46.9 Å². The number of nitrogens with zero attached hydrogens (tertiary/aromatic N) is 2. The fourth-order valence-corrected chi connectivity index (χ4v) is 6.01. The van der Waals surface area contributed by atoms with E-state index < -0.39 is 0 Å². The second kappa shape index (κ2) is 9.09. The van der Waals surface area contributed by atoms with Crippen LogP contribution in [0.4, 0.5) is 11.4 Å². The summed E-state index contributed by atoms with van der Waals surface area (Å²) in [5.41, 5.74) is 4.76. The maximum atomic E-state index is 10.1. The molecule has 2 N–H and O–H groups in total. The van der Waals surface area contributed by atoms with Crippen LogP contribution in [0.3, 0.4) is 0 Å². The molecular weight excluding hydrogens is 467 g/mol. The van der Waals surface area contributed by atoms with Crippen LogP contribution >= 0.6 is 23.2 Å². The average molecular weight is 495 g/mol. The third-order valence-corrected chi connectivity index (χ3v) is 7.83. The van der Waals surface area contributed by atoms with Gasteiger partial charge in [-0.05, 0) is 21.9 Å². The standard InChI is InChI=1S/2C14H14ClNO/c2*1-16-8-9(7-15)14-11-5-3-2-4-10(11)13(17)6-12(14)16/h2*2-6,9,17H,7-8H2,1H3/t2*9-/m10/s1. The molecule has 4 aromatic carbocycles. The van der Waals surface area contributed by atoms with E-state index in [9.17, 15) is 10.2 Å². The first-order valence-corrected chi connectivity index (χ1v) is 12.5. The minimum absolute atomic E-state index is 0.349. The molecule has 4 nitrogen and oxygen atoms in total. The summed E-state index contributed by atoms with van der Waals surface area (Å²) in [4.78, 5) is 4.32. The summed E-state index contributed by atoms with van der Waals surface area (Å²) in [6, 6.07) is 19.6. The summed E-state index contributed by atoms with van der Waals surface area (Å²) in [6.07, 6.45) is 0. The normalized spacial score (nSPS) is 18.7. The number of alkyl halides is 2. The zero-order valence-electron chi connectivity index (χ0n) is 19.3. The van der Waals surface area contributed by atoms with Crippen molar-refractivity contribution >= 4 is 56.1 Å². The fraction of sp³-hybridized carbons (Fsp3) is 0.286. The van der Waals surface area contributed by atoms with E-state index >= 15 is 0 Å². The first-order valence-electron chi connectivity index (χ1n) is 11.5. The minimum Gasteiger partial charge on any atom is -0.507 e. The van der Waals surface area contributed by atoms with Crippen LogP contribution in [-0.2, 0) is 0 Å². The van der Waals surface area contributed by atoms with Gasteiger partial charge in [0.05, 0.1) is 0 Å². The van der Waals surface area contributed by atoms with Gasteiger partial charge in [-0.15, -0.1) is 23.2 Å². The first-order chi connectivity index (χ1) is 16.4. The number of fused-ring (bicyclic) bond motifs is 6. The maximum absolute atomic E-state index is 10.1. The molecule has 0 amide bonds. The van der Waals surface area contributed by atoms with Crippen molar-refractivity contribution in [3.05, 3.63) is 71.8 Å². The molecule has 0 spiro atoms. The van der Waals surface area contributed by atoms with E-state index in [0.29, 0.717) is 35.1 Å². The fourth-order valence-electron chi connectivity index (χ4n) is 5.51. The average Bonchev–Trinajstić information content (AvgIpc) is 3.36. The zero-order valence-corrected chi connectivity index (χ0v) is 20.8. The Balaban J connectivity index is 0.000000142. The van der Waals surface area contributed by atoms with Gasteiger partial charge in [0.2, 0.25) is 0 Å². The van der Waals surface area contributed by atoms with Gasteiger partial charge in [0, 0.05) is 85.1 Å². The van der Waals surface area contributed by atoms with Crippen LogP contribution in [-0.4, -0.2) is 49.2 Å². The molecule has 176 valence electrons. The highest BCUT2D eigenvalue weighted by atomic mass is 35.5. The molecule has 0 aromatic heterocycles. The van der Waals surface area contributed by atoms with Crippen molar-refractivity contribution in [3.8, 4) is 11.5 Å². The number of likely N-dealkylation sites (N-methyl/N-ethyl adjacent to an activating group) is 2. The predicted molar refractivity (Wildman–Crippen MR) is 145 cm³/mol. The van der Waals surface area contributed by atoms with Gasteiger partial charge in [0.1, 0.15) is 11.5 Å². The number of hydrogen-bond donors (Lipinski definition) is 2. The third-order valence-electron chi connectivity index (χ3n) is 7.09. The predicted octanol–water partition coefficient (Wildman–Crippen LogP) is 6.64. The van der Waals surface area contributed by atoms with Gasteiger partial charge in [0.15, 0.2) is 0 Å². The molecular formula is C28H28Cl2N2O2. The van der Waals surface area contributed by atoms with Gasteiger partial charge in [-0.2, -0.15) is 0 Å². The SMILES string of the molecule is CN1C[C@@H](CCl)c2c1cc(O)c1ccccc21.CN1C[C@H](CCl)c2c1cc(O)c1ccccc21. The first kappa shape index (κ1) is 22.9. The van der Waals surface area contributed by atoms with Crippen molar-refractivity contribution in [3.63, 3.8) is 0 Å². The van der Waals surface area contributed by atoms with Gasteiger partial charge in [-0.25, -0.2) is 0 Å². The molecule has 0 saturated heterocycles. The Morgan fingerprint density at radius 3 is 1.38 bits per heavy atom. The van der Waals surface area contributed by atoms with Crippen LogP contribution in [0, 0.1) is 0 Å². The molecule has 0 radical (unpaired) electrons. The molecule has 0 bridgehead atoms. The zero-order chi connectivity index (χ0) is 24.0. The quantitative estimate of drug-likeness (QED) is 0.306. The van der Waals surface area contributed by atoms with Gasteiger partial charge in [-0.3, -0.25) is 0 Å². The second-order valence-corrected chi connectivity index (χ2v) is 9.83. The van der Waals surface area contributed by atoms with Crippen molar-refractivity contribution in [1.82, 2.24) is 0 Å². The molecule has 0 unspecified atom stereocenters. The van der Waals surface area contributed by atoms with Gasteiger partial charge < -0.3 is 20.0 Å². The molecule has 2 aliphatic rings. The molecule has 6 heteroatoms. The molecule has 4 aromatic rings. The Morgan fingerprint density at radius 2 is 1.03 bits per heavy atom. The van der Waals surface area contributed by atoms with Crippen molar-refractivity contribution in [2.45, 2.75) is 11.8 Å². The lowest BCUT2D eigenvalue weighted by Crippen LogP contribution is -2.15. The lowest BCUT2D eigenvalue weighted by atomic mass is 9.95. The van der Waals surface area contributed by atoms with Gasteiger partial charge in [-0.1, -0.05) is 48.5 Å². The number of phenolic OH excluding ortho intramolecular Hbond substituents is 2. The number of aromatic hydroxyl groups is 2. The monoisotopic (exact) mass is 494 g/mol. The van der Waals surface area contributed by atoms with Crippen LogP contribution < -0.4 is 9.80 Å². The Kier molecular flexibility index (Phi) is 6.13. The van der Waals surface area contributed by atoms with Crippen LogP contribution in [0.1, 0.15) is 23.0 Å². The van der Waals surface area contributed by atoms with Crippen molar-refractivity contribution in [1.29, 1.82) is 0 Å². The molecule has 0 aliphatic carbocycles. The number of benzene rings is 4. The van der Waals surface area contributed by atoms with E-state index in [-0.39, 0.29) is 0 Å². The smallest absolute Gasteiger partial charge is 0.125 e. The van der Waals surface area contributed by atoms with E-state index in [1.807, 2.05) is 62.6 Å². The second-order valence-electron chi connectivity index (χ2n) is 9.21. The Labute approximate surface area is 209 Å². The van der Waals surface area contributed by atoms with E-state index in [1.54, 1.807) is 0 Å². The summed E-state index contributed by atoms with van der Waals surface area (Å²) < 4.78 is 0. The summed E-state index contributed by atoms with van der Waals surface area (Å²) >= 11 is 12.1. The van der Waals surface area contributed by atoms with Crippen molar-refractivity contribution in [2.75, 3.05) is 48.7 Å². The number of anilines is 2. The van der Waals surface area contributed by atoms with Crippen molar-refractivity contribution in [2.24, 2.45) is 0 Å². The summed E-state index contributed by atoms with van der Waals surface area (Å²) in [7, 11) is 4.08. The Hall–Kier alpha value is -2.82. The maximum Gasteiger partial charge on any atom is 0.125 e. The van der Waals surface area contributed by atoms with Crippen LogP contribution in [0.25, 0.3) is 21.5 Å². The van der Waals surface area contributed by atoms with Crippen LogP contribution in [0.2, 0.25) is 0 Å². The molecule has 6 rings (SSSR count). The number of halogens is 2. The van der Waals surface area contributed by atoms with Crippen LogP contribution in [0.15, 0.2) is 60.7 Å². The number of hydrogen-bond acceptors (Lipinski definition) is 4. The van der Waals surface area contributed by atoms with Crippen molar-refractivity contribution < 1.29 is 10.2 Å². The van der Waals surface area contributed by atoms with E-state index in [1.165, 1.54) is 11.1 Å². The molecule has 34 heavy (non-hydrogen) atoms. The van der Waals surface area contributed by atoms with E-state index in [0.717, 1.165) is 46.0 Å². The third kappa shape index (κ3) is 3.70. The Morgan fingerprint density at radius 1 is 0.676 bits per heavy atom. The summed E-state index contributed by atoms with van der Waals surface area (Å²) in [5, 5.41) is 24.2. The molecule has 2 heterocycles. The molecule has 0 fully saturated rings.